The molecule has 23 heavy (non-hydrogen) atoms. The van der Waals surface area contributed by atoms with Crippen LogP contribution in [0.3, 0.4) is 0 Å². The summed E-state index contributed by atoms with van der Waals surface area (Å²) in [6.45, 7) is 14.4. The van der Waals surface area contributed by atoms with E-state index in [1.807, 2.05) is 19.9 Å². The van der Waals surface area contributed by atoms with Gasteiger partial charge in [-0.3, -0.25) is 4.79 Å². The van der Waals surface area contributed by atoms with Crippen molar-refractivity contribution in [2.75, 3.05) is 31.5 Å². The van der Waals surface area contributed by atoms with Crippen molar-refractivity contribution in [3.8, 4) is 0 Å². The average Bonchev–Trinajstić information content (AvgIpc) is 2.54. The number of para-hydroxylation sites is 1. The van der Waals surface area contributed by atoms with Crippen molar-refractivity contribution in [2.45, 2.75) is 60.3 Å². The molecule has 1 aromatic carbocycles. The van der Waals surface area contributed by atoms with Crippen molar-refractivity contribution >= 4 is 11.6 Å². The number of nitrogens with one attached hydrogen (secondary N) is 1. The highest BCUT2D eigenvalue weighted by atomic mass is 16.2. The first-order valence-corrected chi connectivity index (χ1v) is 9.27. The molecule has 0 unspecified atom stereocenters. The van der Waals surface area contributed by atoms with Gasteiger partial charge in [0.1, 0.15) is 0 Å². The number of nitrogens with zero attached hydrogens (tertiary/aromatic N) is 1. The van der Waals surface area contributed by atoms with E-state index in [1.54, 1.807) is 0 Å². The normalized spacial score (nSPS) is 16.2. The molecule has 3 heteroatoms. The number of likely N-dealkylation sites (tertiary alicyclic amines) is 1. The molecule has 0 radical (unpaired) electrons. The molecule has 3 nitrogen and oxygen atoms in total. The fraction of sp³-hybridized carbons (Fsp3) is 0.650. The molecule has 130 valence electrons. The van der Waals surface area contributed by atoms with E-state index >= 15 is 0 Å². The van der Waals surface area contributed by atoms with Gasteiger partial charge in [-0.05, 0) is 50.7 Å². The summed E-state index contributed by atoms with van der Waals surface area (Å²) >= 11 is 0. The van der Waals surface area contributed by atoms with E-state index in [4.69, 9.17) is 0 Å². The number of quaternary nitrogens is 1. The van der Waals surface area contributed by atoms with Crippen molar-refractivity contribution in [3.63, 3.8) is 0 Å². The molecular weight excluding hydrogens is 284 g/mol. The lowest BCUT2D eigenvalue weighted by Gasteiger charge is -2.40. The van der Waals surface area contributed by atoms with Gasteiger partial charge in [-0.1, -0.05) is 39.0 Å². The van der Waals surface area contributed by atoms with Crippen LogP contribution in [0, 0.1) is 13.8 Å². The first-order valence-electron chi connectivity index (χ1n) is 9.27. The highest BCUT2D eigenvalue weighted by Crippen LogP contribution is 2.22. The van der Waals surface area contributed by atoms with Crippen LogP contribution >= 0.6 is 0 Å². The molecule has 0 spiro atoms. The van der Waals surface area contributed by atoms with Gasteiger partial charge in [0.15, 0.2) is 6.54 Å². The van der Waals surface area contributed by atoms with Gasteiger partial charge >= 0.3 is 0 Å². The number of hydrogen-bond donors (Lipinski definition) is 1. The zero-order chi connectivity index (χ0) is 17.3. The maximum Gasteiger partial charge on any atom is 0.279 e. The van der Waals surface area contributed by atoms with Gasteiger partial charge in [-0.2, -0.15) is 0 Å². The van der Waals surface area contributed by atoms with Crippen LogP contribution in [0.25, 0.3) is 0 Å². The predicted octanol–water partition coefficient (Wildman–Crippen LogP) is 4.68. The maximum atomic E-state index is 12.5. The lowest BCUT2D eigenvalue weighted by molar-refractivity contribution is -0.925. The summed E-state index contributed by atoms with van der Waals surface area (Å²) in [4.78, 5) is 12.5. The second-order valence-corrected chi connectivity index (χ2v) is 6.55. The van der Waals surface area contributed by atoms with Gasteiger partial charge in [-0.15, -0.1) is 0 Å². The monoisotopic (exact) mass is 319 g/mol. The number of carbonyl (C=O) groups excluding carboxylic acids is 1. The number of anilines is 1. The van der Waals surface area contributed by atoms with Crippen molar-refractivity contribution in [1.82, 2.24) is 0 Å². The Labute approximate surface area is 142 Å². The van der Waals surface area contributed by atoms with E-state index in [2.05, 4.69) is 38.2 Å². The predicted molar refractivity (Wildman–Crippen MR) is 99.8 cm³/mol. The second-order valence-electron chi connectivity index (χ2n) is 6.55. The fourth-order valence-corrected chi connectivity index (χ4v) is 3.61. The first-order chi connectivity index (χ1) is 11.1. The Hall–Kier alpha value is -1.35. The van der Waals surface area contributed by atoms with E-state index < -0.39 is 0 Å². The molecule has 0 bridgehead atoms. The molecule has 1 amide bonds. The van der Waals surface area contributed by atoms with Crippen molar-refractivity contribution in [3.05, 3.63) is 29.3 Å². The molecule has 1 N–H and O–H groups in total. The summed E-state index contributed by atoms with van der Waals surface area (Å²) in [5, 5.41) is 3.15. The van der Waals surface area contributed by atoms with Crippen LogP contribution in [0.15, 0.2) is 18.2 Å². The smallest absolute Gasteiger partial charge is 0.279 e. The van der Waals surface area contributed by atoms with E-state index in [1.165, 1.54) is 19.3 Å². The molecule has 1 aliphatic heterocycles. The summed E-state index contributed by atoms with van der Waals surface area (Å²) in [6.07, 6.45) is 4.99. The zero-order valence-electron chi connectivity index (χ0n) is 15.7. The number of benzene rings is 1. The van der Waals surface area contributed by atoms with Crippen LogP contribution in [0.2, 0.25) is 0 Å². The van der Waals surface area contributed by atoms with Crippen LogP contribution in [0.4, 0.5) is 5.69 Å². The Bertz CT molecular complexity index is 465. The molecule has 0 aromatic heterocycles. The van der Waals surface area contributed by atoms with E-state index in [9.17, 15) is 4.79 Å². The largest absolute Gasteiger partial charge is 0.321 e. The number of amides is 1. The molecule has 0 atom stereocenters. The van der Waals surface area contributed by atoms with Crippen LogP contribution in [0.5, 0.6) is 0 Å². The summed E-state index contributed by atoms with van der Waals surface area (Å²) in [5.41, 5.74) is 3.28. The van der Waals surface area contributed by atoms with Crippen LogP contribution in [-0.4, -0.2) is 36.6 Å². The first kappa shape index (κ1) is 19.7. The molecular formula is C20H35N2O+. The highest BCUT2D eigenvalue weighted by Gasteiger charge is 2.31. The highest BCUT2D eigenvalue weighted by molar-refractivity contribution is 5.93. The van der Waals surface area contributed by atoms with Crippen LogP contribution in [0.1, 0.15) is 57.6 Å². The third kappa shape index (κ3) is 5.65. The Kier molecular flexibility index (Phi) is 8.32. The third-order valence-corrected chi connectivity index (χ3v) is 4.69. The molecule has 1 fully saturated rings. The van der Waals surface area contributed by atoms with Gasteiger partial charge in [0.05, 0.1) is 19.6 Å². The van der Waals surface area contributed by atoms with Crippen LogP contribution < -0.4 is 5.32 Å². The lowest BCUT2D eigenvalue weighted by Crippen LogP contribution is -2.55. The Morgan fingerprint density at radius 2 is 1.65 bits per heavy atom. The Morgan fingerprint density at radius 3 is 2.17 bits per heavy atom. The Balaban J connectivity index is 0.00000127. The number of carbonyl (C=O) groups is 1. The fourth-order valence-electron chi connectivity index (χ4n) is 3.61. The minimum atomic E-state index is 0.169. The van der Waals surface area contributed by atoms with Crippen LogP contribution in [-0.2, 0) is 4.79 Å². The van der Waals surface area contributed by atoms with E-state index in [0.717, 1.165) is 47.4 Å². The van der Waals surface area contributed by atoms with Gasteiger partial charge in [0.2, 0.25) is 0 Å². The van der Waals surface area contributed by atoms with Gasteiger partial charge in [0.25, 0.3) is 5.91 Å². The molecule has 1 aliphatic rings. The second kappa shape index (κ2) is 9.71. The molecule has 1 heterocycles. The van der Waals surface area contributed by atoms with Gasteiger partial charge in [0, 0.05) is 5.69 Å². The summed E-state index contributed by atoms with van der Waals surface area (Å²) in [6, 6.07) is 6.15. The summed E-state index contributed by atoms with van der Waals surface area (Å²) in [7, 11) is 0. The zero-order valence-corrected chi connectivity index (χ0v) is 15.7. The average molecular weight is 320 g/mol. The summed E-state index contributed by atoms with van der Waals surface area (Å²) in [5.74, 6) is 0.169. The van der Waals surface area contributed by atoms with Gasteiger partial charge in [-0.25, -0.2) is 0 Å². The van der Waals surface area contributed by atoms with Crippen molar-refractivity contribution < 1.29 is 9.28 Å². The van der Waals surface area contributed by atoms with Gasteiger partial charge < -0.3 is 9.80 Å². The lowest BCUT2D eigenvalue weighted by atomic mass is 10.1. The molecule has 1 saturated heterocycles. The molecule has 2 rings (SSSR count). The quantitative estimate of drug-likeness (QED) is 0.785. The number of piperidine rings is 1. The Morgan fingerprint density at radius 1 is 1.09 bits per heavy atom. The van der Waals surface area contributed by atoms with E-state index in [-0.39, 0.29) is 5.91 Å². The number of hydrogen-bond acceptors (Lipinski definition) is 1. The maximum absolute atomic E-state index is 12.5. The van der Waals surface area contributed by atoms with E-state index in [0.29, 0.717) is 6.54 Å². The molecule has 0 saturated carbocycles. The SMILES string of the molecule is CC.CCC[N+]1(CC(=O)Nc2c(C)cccc2C)CCCCC1. The third-order valence-electron chi connectivity index (χ3n) is 4.69. The topological polar surface area (TPSA) is 29.1 Å². The van der Waals surface area contributed by atoms with Crippen molar-refractivity contribution in [2.24, 2.45) is 0 Å². The molecule has 1 aromatic rings. The van der Waals surface area contributed by atoms with Crippen molar-refractivity contribution in [1.29, 1.82) is 0 Å². The minimum Gasteiger partial charge on any atom is -0.321 e. The minimum absolute atomic E-state index is 0.169. The standard InChI is InChI=1S/C18H28N2O.C2H6/c1-4-11-20(12-6-5-7-13-20)14-17(21)19-18-15(2)9-8-10-16(18)3;1-2/h8-10H,4-7,11-14H2,1-3H3;1-2H3/p+1. The summed E-state index contributed by atoms with van der Waals surface area (Å²) < 4.78 is 0.979. The molecule has 0 aliphatic carbocycles. The number of rotatable bonds is 5. The number of aryl methyl sites for hydroxylation is 2.